The average Bonchev–Trinajstić information content (AvgIpc) is 2.85. The third-order valence-corrected chi connectivity index (χ3v) is 3.91. The summed E-state index contributed by atoms with van der Waals surface area (Å²) >= 11 is 0. The largest absolute Gasteiger partial charge is 0.480 e. The average molecular weight is 338 g/mol. The van der Waals surface area contributed by atoms with E-state index in [0.29, 0.717) is 16.8 Å². The Bertz CT molecular complexity index is 902. The van der Waals surface area contributed by atoms with Gasteiger partial charge in [0.1, 0.15) is 6.54 Å². The Morgan fingerprint density at radius 3 is 2.32 bits per heavy atom. The lowest BCUT2D eigenvalue weighted by atomic mass is 10.0. The van der Waals surface area contributed by atoms with Crippen molar-refractivity contribution in [2.75, 3.05) is 11.4 Å². The smallest absolute Gasteiger partial charge is 0.322 e. The number of anilines is 1. The molecule has 2 aromatic carbocycles. The standard InChI is InChI=1S/C18H14N2O5/c1-10-3-2-4-13-15(10)18(25)20(17(13)24)12-7-5-11(6-8-12)16(23)19-9-14(21)22/h2-8H,9H2,1H3,(H,19,23)(H,21,22). The lowest BCUT2D eigenvalue weighted by Crippen LogP contribution is -2.30. The molecule has 1 aliphatic heterocycles. The zero-order chi connectivity index (χ0) is 18.1. The molecule has 126 valence electrons. The monoisotopic (exact) mass is 338 g/mol. The highest BCUT2D eigenvalue weighted by molar-refractivity contribution is 6.34. The lowest BCUT2D eigenvalue weighted by Gasteiger charge is -2.14. The first-order valence-electron chi connectivity index (χ1n) is 7.48. The van der Waals surface area contributed by atoms with E-state index in [1.165, 1.54) is 24.3 Å². The minimum absolute atomic E-state index is 0.234. The number of nitrogens with one attached hydrogen (secondary N) is 1. The molecule has 0 fully saturated rings. The Kier molecular flexibility index (Phi) is 4.06. The second kappa shape index (κ2) is 6.20. The number of aryl methyl sites for hydroxylation is 1. The van der Waals surface area contributed by atoms with Crippen molar-refractivity contribution in [3.63, 3.8) is 0 Å². The molecule has 0 saturated heterocycles. The molecule has 0 saturated carbocycles. The number of fused-ring (bicyclic) bond motifs is 1. The van der Waals surface area contributed by atoms with Crippen molar-refractivity contribution >= 4 is 29.4 Å². The van der Waals surface area contributed by atoms with Gasteiger partial charge in [0.15, 0.2) is 0 Å². The van der Waals surface area contributed by atoms with Crippen LogP contribution in [0, 0.1) is 6.92 Å². The fourth-order valence-corrected chi connectivity index (χ4v) is 2.71. The molecule has 25 heavy (non-hydrogen) atoms. The van der Waals surface area contributed by atoms with Gasteiger partial charge >= 0.3 is 5.97 Å². The molecule has 2 aromatic rings. The van der Waals surface area contributed by atoms with E-state index in [1.54, 1.807) is 25.1 Å². The van der Waals surface area contributed by atoms with Gasteiger partial charge in [0, 0.05) is 5.56 Å². The number of carbonyl (C=O) groups is 4. The number of carbonyl (C=O) groups excluding carboxylic acids is 3. The second-order valence-corrected chi connectivity index (χ2v) is 5.57. The van der Waals surface area contributed by atoms with Gasteiger partial charge in [-0.05, 0) is 42.8 Å². The number of imide groups is 1. The lowest BCUT2D eigenvalue weighted by molar-refractivity contribution is -0.135. The highest BCUT2D eigenvalue weighted by atomic mass is 16.4. The summed E-state index contributed by atoms with van der Waals surface area (Å²) in [6.45, 7) is 1.28. The number of hydrogen-bond acceptors (Lipinski definition) is 4. The molecule has 7 nitrogen and oxygen atoms in total. The van der Waals surface area contributed by atoms with E-state index >= 15 is 0 Å². The van der Waals surface area contributed by atoms with Crippen LogP contribution in [0.1, 0.15) is 36.6 Å². The number of carboxylic acids is 1. The van der Waals surface area contributed by atoms with E-state index in [4.69, 9.17) is 5.11 Å². The molecular weight excluding hydrogens is 324 g/mol. The fraction of sp³-hybridized carbons (Fsp3) is 0.111. The molecule has 0 bridgehead atoms. The Morgan fingerprint density at radius 2 is 1.72 bits per heavy atom. The van der Waals surface area contributed by atoms with Crippen LogP contribution in [0.2, 0.25) is 0 Å². The molecule has 0 aromatic heterocycles. The first-order chi connectivity index (χ1) is 11.9. The van der Waals surface area contributed by atoms with Crippen LogP contribution in [0.15, 0.2) is 42.5 Å². The first-order valence-corrected chi connectivity index (χ1v) is 7.48. The quantitative estimate of drug-likeness (QED) is 0.824. The summed E-state index contributed by atoms with van der Waals surface area (Å²) in [6.07, 6.45) is 0. The summed E-state index contributed by atoms with van der Waals surface area (Å²) < 4.78 is 0. The Morgan fingerprint density at radius 1 is 1.04 bits per heavy atom. The van der Waals surface area contributed by atoms with Gasteiger partial charge in [0.25, 0.3) is 17.7 Å². The third kappa shape index (κ3) is 2.87. The molecule has 7 heteroatoms. The molecule has 0 aliphatic carbocycles. The predicted octanol–water partition coefficient (Wildman–Crippen LogP) is 1.61. The van der Waals surface area contributed by atoms with E-state index in [9.17, 15) is 19.2 Å². The molecule has 3 rings (SSSR count). The van der Waals surface area contributed by atoms with E-state index in [1.807, 2.05) is 0 Å². The van der Waals surface area contributed by atoms with Crippen LogP contribution >= 0.6 is 0 Å². The number of aliphatic carboxylic acids is 1. The van der Waals surface area contributed by atoms with Crippen molar-refractivity contribution in [3.05, 3.63) is 64.7 Å². The molecule has 0 radical (unpaired) electrons. The summed E-state index contributed by atoms with van der Waals surface area (Å²) in [5, 5.41) is 10.8. The summed E-state index contributed by atoms with van der Waals surface area (Å²) in [7, 11) is 0. The minimum atomic E-state index is -1.15. The number of benzene rings is 2. The van der Waals surface area contributed by atoms with Gasteiger partial charge in [0.2, 0.25) is 0 Å². The topological polar surface area (TPSA) is 104 Å². The van der Waals surface area contributed by atoms with Crippen molar-refractivity contribution < 1.29 is 24.3 Å². The predicted molar refractivity (Wildman–Crippen MR) is 88.7 cm³/mol. The maximum absolute atomic E-state index is 12.6. The summed E-state index contributed by atoms with van der Waals surface area (Å²) in [4.78, 5) is 48.5. The van der Waals surface area contributed by atoms with Gasteiger partial charge < -0.3 is 10.4 Å². The van der Waals surface area contributed by atoms with Gasteiger partial charge in [-0.2, -0.15) is 0 Å². The second-order valence-electron chi connectivity index (χ2n) is 5.57. The number of carboxylic acid groups (broad SMARTS) is 1. The van der Waals surface area contributed by atoms with Gasteiger partial charge in [-0.3, -0.25) is 19.2 Å². The van der Waals surface area contributed by atoms with E-state index in [2.05, 4.69) is 5.32 Å². The Hall–Kier alpha value is -3.48. The van der Waals surface area contributed by atoms with Gasteiger partial charge in [-0.15, -0.1) is 0 Å². The first kappa shape index (κ1) is 16.4. The fourth-order valence-electron chi connectivity index (χ4n) is 2.71. The molecule has 3 amide bonds. The van der Waals surface area contributed by atoms with Gasteiger partial charge in [-0.25, -0.2) is 4.90 Å². The summed E-state index contributed by atoms with van der Waals surface area (Å²) in [5.74, 6) is -2.51. The van der Waals surface area contributed by atoms with Crippen LogP contribution in [0.25, 0.3) is 0 Å². The van der Waals surface area contributed by atoms with Gasteiger partial charge in [-0.1, -0.05) is 12.1 Å². The molecule has 1 heterocycles. The zero-order valence-electron chi connectivity index (χ0n) is 13.3. The summed E-state index contributed by atoms with van der Waals surface area (Å²) in [6, 6.07) is 10.9. The summed E-state index contributed by atoms with van der Waals surface area (Å²) in [5.41, 5.74) is 2.05. The van der Waals surface area contributed by atoms with Crippen molar-refractivity contribution in [1.29, 1.82) is 0 Å². The SMILES string of the molecule is Cc1cccc2c1C(=O)N(c1ccc(C(=O)NCC(=O)O)cc1)C2=O. The highest BCUT2D eigenvalue weighted by Crippen LogP contribution is 2.30. The van der Waals surface area contributed by atoms with Crippen LogP contribution in [0.4, 0.5) is 5.69 Å². The van der Waals surface area contributed by atoms with Crippen molar-refractivity contribution in [2.24, 2.45) is 0 Å². The van der Waals surface area contributed by atoms with Crippen LogP contribution < -0.4 is 10.2 Å². The number of amides is 3. The minimum Gasteiger partial charge on any atom is -0.480 e. The maximum Gasteiger partial charge on any atom is 0.322 e. The Balaban J connectivity index is 1.85. The van der Waals surface area contributed by atoms with Crippen molar-refractivity contribution in [1.82, 2.24) is 5.32 Å². The number of nitrogens with zero attached hydrogens (tertiary/aromatic N) is 1. The molecular formula is C18H14N2O5. The molecule has 0 spiro atoms. The van der Waals surface area contributed by atoms with E-state index < -0.39 is 30.2 Å². The normalized spacial score (nSPS) is 12.9. The zero-order valence-corrected chi connectivity index (χ0v) is 13.3. The number of hydrogen-bond donors (Lipinski definition) is 2. The third-order valence-electron chi connectivity index (χ3n) is 3.91. The van der Waals surface area contributed by atoms with Gasteiger partial charge in [0.05, 0.1) is 16.8 Å². The van der Waals surface area contributed by atoms with Crippen LogP contribution in [-0.4, -0.2) is 35.3 Å². The van der Waals surface area contributed by atoms with E-state index in [0.717, 1.165) is 10.5 Å². The maximum atomic E-state index is 12.6. The van der Waals surface area contributed by atoms with Crippen LogP contribution in [-0.2, 0) is 4.79 Å². The van der Waals surface area contributed by atoms with E-state index in [-0.39, 0.29) is 5.56 Å². The van der Waals surface area contributed by atoms with Crippen molar-refractivity contribution in [3.8, 4) is 0 Å². The molecule has 1 aliphatic rings. The molecule has 0 atom stereocenters. The molecule has 0 unspecified atom stereocenters. The number of rotatable bonds is 4. The van der Waals surface area contributed by atoms with Crippen LogP contribution in [0.5, 0.6) is 0 Å². The highest BCUT2D eigenvalue weighted by Gasteiger charge is 2.37. The Labute approximate surface area is 142 Å². The van der Waals surface area contributed by atoms with Crippen molar-refractivity contribution in [2.45, 2.75) is 6.92 Å². The van der Waals surface area contributed by atoms with Crippen LogP contribution in [0.3, 0.4) is 0 Å². The molecule has 2 N–H and O–H groups in total.